The zero-order valence-electron chi connectivity index (χ0n) is 19.3. The quantitative estimate of drug-likeness (QED) is 0.343. The lowest BCUT2D eigenvalue weighted by molar-refractivity contribution is -0.117. The first-order valence-electron chi connectivity index (χ1n) is 11.1. The third-order valence-corrected chi connectivity index (χ3v) is 4.86. The Bertz CT molecular complexity index is 1070. The minimum absolute atomic E-state index is 0.130. The summed E-state index contributed by atoms with van der Waals surface area (Å²) in [5.74, 6) is 0.603. The number of carbonyl (C=O) groups is 2. The second-order valence-electron chi connectivity index (χ2n) is 8.06. The van der Waals surface area contributed by atoms with Crippen LogP contribution in [0.25, 0.3) is 6.08 Å². The van der Waals surface area contributed by atoms with Gasteiger partial charge in [-0.25, -0.2) is 0 Å². The van der Waals surface area contributed by atoms with Gasteiger partial charge in [0.15, 0.2) is 0 Å². The molecule has 0 spiro atoms. The number of carbonyl (C=O) groups excluding carboxylic acids is 2. The maximum absolute atomic E-state index is 12.8. The van der Waals surface area contributed by atoms with E-state index in [1.807, 2.05) is 57.2 Å². The largest absolute Gasteiger partial charge is 0.491 e. The smallest absolute Gasteiger partial charge is 0.267 e. The highest BCUT2D eigenvalue weighted by atomic mass is 16.5. The highest BCUT2D eigenvalue weighted by Crippen LogP contribution is 2.15. The van der Waals surface area contributed by atoms with Crippen molar-refractivity contribution in [3.63, 3.8) is 0 Å². The van der Waals surface area contributed by atoms with Crippen molar-refractivity contribution >= 4 is 17.9 Å². The molecule has 6 heteroatoms. The van der Waals surface area contributed by atoms with Crippen molar-refractivity contribution < 1.29 is 18.7 Å². The number of aryl methyl sites for hydroxylation is 2. The highest BCUT2D eigenvalue weighted by molar-refractivity contribution is 6.05. The van der Waals surface area contributed by atoms with E-state index in [9.17, 15) is 9.59 Å². The van der Waals surface area contributed by atoms with E-state index in [4.69, 9.17) is 9.15 Å². The second kappa shape index (κ2) is 11.7. The van der Waals surface area contributed by atoms with Gasteiger partial charge in [-0.2, -0.15) is 0 Å². The van der Waals surface area contributed by atoms with Gasteiger partial charge in [0.25, 0.3) is 11.8 Å². The first-order chi connectivity index (χ1) is 15.9. The number of ether oxygens (including phenoxy) is 1. The van der Waals surface area contributed by atoms with E-state index in [2.05, 4.69) is 10.6 Å². The third-order valence-electron chi connectivity index (χ3n) is 4.86. The van der Waals surface area contributed by atoms with Crippen molar-refractivity contribution in [3.05, 3.63) is 95.1 Å². The molecule has 0 saturated carbocycles. The molecule has 6 nitrogen and oxygen atoms in total. The molecule has 0 atom stereocenters. The predicted molar refractivity (Wildman–Crippen MR) is 129 cm³/mol. The van der Waals surface area contributed by atoms with E-state index < -0.39 is 0 Å². The van der Waals surface area contributed by atoms with E-state index >= 15 is 0 Å². The van der Waals surface area contributed by atoms with Gasteiger partial charge in [0.1, 0.15) is 17.2 Å². The fraction of sp³-hybridized carbons (Fsp3) is 0.259. The van der Waals surface area contributed by atoms with E-state index in [1.165, 1.54) is 17.9 Å². The standard InChI is InChI=1S/C27H30N2O4/c1-19(2)33-23-14-10-21(11-15-23)6-4-16-28-27(31)25(18-24-7-5-17-32-24)29-26(30)22-12-8-20(3)9-13-22/h5,7-15,17-19H,4,6,16H2,1-3H3,(H,28,31)(H,29,30)/b25-18-. The molecule has 1 heterocycles. The first-order valence-corrected chi connectivity index (χ1v) is 11.1. The van der Waals surface area contributed by atoms with Crippen molar-refractivity contribution in [1.82, 2.24) is 10.6 Å². The average molecular weight is 447 g/mol. The van der Waals surface area contributed by atoms with Gasteiger partial charge in [-0.1, -0.05) is 29.8 Å². The fourth-order valence-corrected chi connectivity index (χ4v) is 3.17. The van der Waals surface area contributed by atoms with Gasteiger partial charge in [0, 0.05) is 18.2 Å². The van der Waals surface area contributed by atoms with Crippen LogP contribution in [0.4, 0.5) is 0 Å². The number of benzene rings is 2. The normalized spacial score (nSPS) is 11.3. The Hall–Kier alpha value is -3.80. The summed E-state index contributed by atoms with van der Waals surface area (Å²) in [4.78, 5) is 25.4. The molecule has 1 aromatic heterocycles. The fourth-order valence-electron chi connectivity index (χ4n) is 3.17. The van der Waals surface area contributed by atoms with Crippen molar-refractivity contribution in [3.8, 4) is 5.75 Å². The molecule has 0 aliphatic carbocycles. The number of hydrogen-bond donors (Lipinski definition) is 2. The van der Waals surface area contributed by atoms with Crippen LogP contribution >= 0.6 is 0 Å². The van der Waals surface area contributed by atoms with E-state index in [1.54, 1.807) is 24.3 Å². The lowest BCUT2D eigenvalue weighted by Gasteiger charge is -2.12. The Morgan fingerprint density at radius 3 is 2.39 bits per heavy atom. The molecule has 172 valence electrons. The van der Waals surface area contributed by atoms with Crippen LogP contribution in [0.15, 0.2) is 77.0 Å². The molecule has 2 amide bonds. The van der Waals surface area contributed by atoms with Crippen LogP contribution in [0.5, 0.6) is 5.75 Å². The second-order valence-corrected chi connectivity index (χ2v) is 8.06. The Kier molecular flexibility index (Phi) is 8.47. The molecule has 2 aromatic carbocycles. The van der Waals surface area contributed by atoms with Gasteiger partial charge in [-0.05, 0) is 75.6 Å². The van der Waals surface area contributed by atoms with Crippen LogP contribution in [0.3, 0.4) is 0 Å². The summed E-state index contributed by atoms with van der Waals surface area (Å²) in [6.07, 6.45) is 4.75. The minimum Gasteiger partial charge on any atom is -0.491 e. The highest BCUT2D eigenvalue weighted by Gasteiger charge is 2.15. The zero-order chi connectivity index (χ0) is 23.6. The van der Waals surface area contributed by atoms with Crippen molar-refractivity contribution in [2.45, 2.75) is 39.7 Å². The number of rotatable bonds is 10. The van der Waals surface area contributed by atoms with Crippen LogP contribution in [-0.4, -0.2) is 24.5 Å². The SMILES string of the molecule is Cc1ccc(C(=O)N/C(=C\c2ccco2)C(=O)NCCCc2ccc(OC(C)C)cc2)cc1. The molecule has 3 aromatic rings. The monoisotopic (exact) mass is 446 g/mol. The average Bonchev–Trinajstić information content (AvgIpc) is 3.30. The summed E-state index contributed by atoms with van der Waals surface area (Å²) < 4.78 is 11.0. The molecule has 3 rings (SSSR count). The molecule has 0 radical (unpaired) electrons. The number of furan rings is 1. The van der Waals surface area contributed by atoms with E-state index in [-0.39, 0.29) is 23.6 Å². The van der Waals surface area contributed by atoms with E-state index in [0.29, 0.717) is 17.9 Å². The summed E-state index contributed by atoms with van der Waals surface area (Å²) in [6, 6.07) is 18.6. The zero-order valence-corrected chi connectivity index (χ0v) is 19.3. The molecule has 33 heavy (non-hydrogen) atoms. The Morgan fingerprint density at radius 2 is 1.76 bits per heavy atom. The summed E-state index contributed by atoms with van der Waals surface area (Å²) in [7, 11) is 0. The van der Waals surface area contributed by atoms with Crippen molar-refractivity contribution in [1.29, 1.82) is 0 Å². The molecule has 0 bridgehead atoms. The molecule has 2 N–H and O–H groups in total. The van der Waals surface area contributed by atoms with Gasteiger partial charge < -0.3 is 19.8 Å². The van der Waals surface area contributed by atoms with Gasteiger partial charge in [-0.15, -0.1) is 0 Å². The maximum Gasteiger partial charge on any atom is 0.267 e. The first kappa shape index (κ1) is 23.9. The molecule has 0 unspecified atom stereocenters. The number of hydrogen-bond acceptors (Lipinski definition) is 4. The van der Waals surface area contributed by atoms with Crippen LogP contribution in [0, 0.1) is 6.92 Å². The summed E-state index contributed by atoms with van der Waals surface area (Å²) in [5, 5.41) is 5.59. The predicted octanol–water partition coefficient (Wildman–Crippen LogP) is 4.90. The van der Waals surface area contributed by atoms with Gasteiger partial charge in [-0.3, -0.25) is 9.59 Å². The Labute approximate surface area is 194 Å². The van der Waals surface area contributed by atoms with Crippen LogP contribution < -0.4 is 15.4 Å². The number of amides is 2. The third kappa shape index (κ3) is 7.68. The maximum atomic E-state index is 12.8. The van der Waals surface area contributed by atoms with Crippen LogP contribution in [0.2, 0.25) is 0 Å². The van der Waals surface area contributed by atoms with Gasteiger partial charge >= 0.3 is 0 Å². The van der Waals surface area contributed by atoms with E-state index in [0.717, 1.165) is 24.2 Å². The Balaban J connectivity index is 1.56. The number of nitrogens with one attached hydrogen (secondary N) is 2. The summed E-state index contributed by atoms with van der Waals surface area (Å²) >= 11 is 0. The van der Waals surface area contributed by atoms with Crippen molar-refractivity contribution in [2.24, 2.45) is 0 Å². The summed E-state index contributed by atoms with van der Waals surface area (Å²) in [6.45, 7) is 6.41. The van der Waals surface area contributed by atoms with Gasteiger partial charge in [0.2, 0.25) is 0 Å². The van der Waals surface area contributed by atoms with Crippen molar-refractivity contribution in [2.75, 3.05) is 6.54 Å². The Morgan fingerprint density at radius 1 is 1.03 bits per heavy atom. The van der Waals surface area contributed by atoms with Gasteiger partial charge in [0.05, 0.1) is 12.4 Å². The molecule has 0 aliphatic rings. The molecular formula is C27H30N2O4. The minimum atomic E-state index is -0.368. The topological polar surface area (TPSA) is 80.6 Å². The molecule has 0 aliphatic heterocycles. The lowest BCUT2D eigenvalue weighted by atomic mass is 10.1. The molecule has 0 saturated heterocycles. The lowest BCUT2D eigenvalue weighted by Crippen LogP contribution is -2.35. The molecular weight excluding hydrogens is 416 g/mol. The van der Waals surface area contributed by atoms with Crippen LogP contribution in [-0.2, 0) is 11.2 Å². The molecule has 0 fully saturated rings. The summed E-state index contributed by atoms with van der Waals surface area (Å²) in [5.41, 5.74) is 2.83. The van der Waals surface area contributed by atoms with Crippen LogP contribution in [0.1, 0.15) is 47.5 Å².